The maximum atomic E-state index is 13.9. The molecule has 1 aliphatic heterocycles. The predicted octanol–water partition coefficient (Wildman–Crippen LogP) is 4.71. The first kappa shape index (κ1) is 16.8. The van der Waals surface area contributed by atoms with E-state index in [1.807, 2.05) is 0 Å². The zero-order chi connectivity index (χ0) is 18.1. The number of para-hydroxylation sites is 1. The number of carbonyl (C=O) groups excluding carboxylic acids is 1. The van der Waals surface area contributed by atoms with Crippen LogP contribution in [0.3, 0.4) is 0 Å². The molecule has 0 radical (unpaired) electrons. The number of fused-ring (bicyclic) bond motifs is 1. The number of aromatic nitrogens is 1. The summed E-state index contributed by atoms with van der Waals surface area (Å²) in [6.07, 6.45) is 2.94. The molecule has 3 aromatic rings. The van der Waals surface area contributed by atoms with Crippen molar-refractivity contribution in [2.75, 3.05) is 13.1 Å². The van der Waals surface area contributed by atoms with Gasteiger partial charge in [-0.3, -0.25) is 4.79 Å². The summed E-state index contributed by atoms with van der Waals surface area (Å²) >= 11 is 0. The Balaban J connectivity index is 1.43. The average Bonchev–Trinajstić information content (AvgIpc) is 2.98. The SMILES string of the molecule is Cc1[nH]c2ccccc2c1CC1CCN(C(=O)c2ccccc2F)CC1. The smallest absolute Gasteiger partial charge is 0.256 e. The minimum atomic E-state index is -0.436. The second-order valence-corrected chi connectivity index (χ2v) is 7.19. The van der Waals surface area contributed by atoms with Gasteiger partial charge in [-0.05, 0) is 55.9 Å². The molecule has 1 amide bonds. The molecule has 0 saturated carbocycles. The largest absolute Gasteiger partial charge is 0.358 e. The van der Waals surface area contributed by atoms with E-state index in [4.69, 9.17) is 0 Å². The lowest BCUT2D eigenvalue weighted by molar-refractivity contribution is 0.0686. The number of nitrogens with one attached hydrogen (secondary N) is 1. The third-order valence-corrected chi connectivity index (χ3v) is 5.53. The number of benzene rings is 2. The maximum Gasteiger partial charge on any atom is 0.256 e. The number of likely N-dealkylation sites (tertiary alicyclic amines) is 1. The molecule has 26 heavy (non-hydrogen) atoms. The van der Waals surface area contributed by atoms with E-state index in [9.17, 15) is 9.18 Å². The Kier molecular flexibility index (Phi) is 4.49. The highest BCUT2D eigenvalue weighted by Crippen LogP contribution is 2.29. The number of H-pyrrole nitrogens is 1. The van der Waals surface area contributed by atoms with Crippen molar-refractivity contribution in [2.45, 2.75) is 26.2 Å². The maximum absolute atomic E-state index is 13.9. The zero-order valence-corrected chi connectivity index (χ0v) is 15.0. The van der Waals surface area contributed by atoms with Crippen molar-refractivity contribution in [1.82, 2.24) is 9.88 Å². The molecule has 2 heterocycles. The first-order chi connectivity index (χ1) is 12.6. The van der Waals surface area contributed by atoms with Crippen LogP contribution < -0.4 is 0 Å². The van der Waals surface area contributed by atoms with Crippen LogP contribution >= 0.6 is 0 Å². The first-order valence-electron chi connectivity index (χ1n) is 9.23. The van der Waals surface area contributed by atoms with Gasteiger partial charge in [-0.15, -0.1) is 0 Å². The molecule has 1 N–H and O–H groups in total. The van der Waals surface area contributed by atoms with Gasteiger partial charge in [-0.25, -0.2) is 4.39 Å². The molecule has 0 atom stereocenters. The van der Waals surface area contributed by atoms with Crippen LogP contribution in [0.25, 0.3) is 10.9 Å². The molecule has 1 fully saturated rings. The molecule has 1 saturated heterocycles. The number of amides is 1. The summed E-state index contributed by atoms with van der Waals surface area (Å²) in [5.41, 5.74) is 3.99. The van der Waals surface area contributed by atoms with Crippen LogP contribution in [-0.4, -0.2) is 28.9 Å². The molecule has 4 heteroatoms. The van der Waals surface area contributed by atoms with Gasteiger partial charge in [0.15, 0.2) is 0 Å². The van der Waals surface area contributed by atoms with Crippen molar-refractivity contribution in [1.29, 1.82) is 0 Å². The molecule has 1 aromatic heterocycles. The van der Waals surface area contributed by atoms with Gasteiger partial charge in [-0.1, -0.05) is 30.3 Å². The molecule has 1 aliphatic rings. The summed E-state index contributed by atoms with van der Waals surface area (Å²) in [7, 11) is 0. The van der Waals surface area contributed by atoms with Crippen LogP contribution in [0.5, 0.6) is 0 Å². The Morgan fingerprint density at radius 2 is 1.81 bits per heavy atom. The molecule has 3 nitrogen and oxygen atoms in total. The van der Waals surface area contributed by atoms with Gasteiger partial charge in [0, 0.05) is 29.7 Å². The third kappa shape index (κ3) is 3.12. The van der Waals surface area contributed by atoms with Gasteiger partial charge < -0.3 is 9.88 Å². The Labute approximate surface area is 152 Å². The topological polar surface area (TPSA) is 36.1 Å². The third-order valence-electron chi connectivity index (χ3n) is 5.53. The summed E-state index contributed by atoms with van der Waals surface area (Å²) in [6, 6.07) is 14.7. The summed E-state index contributed by atoms with van der Waals surface area (Å²) in [5.74, 6) is -0.0727. The average molecular weight is 350 g/mol. The van der Waals surface area contributed by atoms with Gasteiger partial charge in [0.25, 0.3) is 5.91 Å². The fourth-order valence-corrected chi connectivity index (χ4v) is 4.03. The summed E-state index contributed by atoms with van der Waals surface area (Å²) < 4.78 is 13.9. The van der Waals surface area contributed by atoms with Crippen molar-refractivity contribution in [3.63, 3.8) is 0 Å². The van der Waals surface area contributed by atoms with E-state index in [0.29, 0.717) is 19.0 Å². The van der Waals surface area contributed by atoms with E-state index < -0.39 is 5.82 Å². The Hall–Kier alpha value is -2.62. The van der Waals surface area contributed by atoms with Gasteiger partial charge in [-0.2, -0.15) is 0 Å². The summed E-state index contributed by atoms with van der Waals surface area (Å²) in [6.45, 7) is 3.52. The fraction of sp³-hybridized carbons (Fsp3) is 0.318. The number of hydrogen-bond acceptors (Lipinski definition) is 1. The van der Waals surface area contributed by atoms with Crippen LogP contribution in [0.2, 0.25) is 0 Å². The summed E-state index contributed by atoms with van der Waals surface area (Å²) in [4.78, 5) is 17.8. The number of piperidine rings is 1. The van der Waals surface area contributed by atoms with Gasteiger partial charge in [0.05, 0.1) is 5.56 Å². The second-order valence-electron chi connectivity index (χ2n) is 7.19. The molecule has 0 aliphatic carbocycles. The van der Waals surface area contributed by atoms with Crippen LogP contribution in [0.4, 0.5) is 4.39 Å². The monoisotopic (exact) mass is 350 g/mol. The highest BCUT2D eigenvalue weighted by molar-refractivity contribution is 5.94. The normalized spacial score (nSPS) is 15.5. The number of aryl methyl sites for hydroxylation is 1. The zero-order valence-electron chi connectivity index (χ0n) is 15.0. The number of rotatable bonds is 3. The van der Waals surface area contributed by atoms with Crippen LogP contribution in [-0.2, 0) is 6.42 Å². The van der Waals surface area contributed by atoms with E-state index >= 15 is 0 Å². The summed E-state index contributed by atoms with van der Waals surface area (Å²) in [5, 5.41) is 1.30. The lowest BCUT2D eigenvalue weighted by Gasteiger charge is -2.32. The molecule has 0 bridgehead atoms. The Morgan fingerprint density at radius 1 is 1.12 bits per heavy atom. The lowest BCUT2D eigenvalue weighted by atomic mass is 9.89. The number of halogens is 1. The quantitative estimate of drug-likeness (QED) is 0.729. The van der Waals surface area contributed by atoms with Gasteiger partial charge >= 0.3 is 0 Å². The highest BCUT2D eigenvalue weighted by atomic mass is 19.1. The minimum absolute atomic E-state index is 0.179. The van der Waals surface area contributed by atoms with Gasteiger partial charge in [0.1, 0.15) is 5.82 Å². The standard InChI is InChI=1S/C22H23FN2O/c1-15-19(17-6-3-5-9-21(17)24-15)14-16-10-12-25(13-11-16)22(26)18-7-2-4-8-20(18)23/h2-9,16,24H,10-14H2,1H3. The van der Waals surface area contributed by atoms with Crippen LogP contribution in [0.1, 0.15) is 34.5 Å². The molecule has 0 unspecified atom stereocenters. The van der Waals surface area contributed by atoms with Crippen LogP contribution in [0.15, 0.2) is 48.5 Å². The van der Waals surface area contributed by atoms with E-state index in [0.717, 1.165) is 19.3 Å². The van der Waals surface area contributed by atoms with Crippen molar-refractivity contribution in [3.05, 3.63) is 71.2 Å². The number of aromatic amines is 1. The van der Waals surface area contributed by atoms with E-state index in [2.05, 4.69) is 36.2 Å². The Morgan fingerprint density at radius 3 is 2.58 bits per heavy atom. The van der Waals surface area contributed by atoms with E-state index in [1.165, 1.54) is 28.2 Å². The molecule has 134 valence electrons. The second kappa shape index (κ2) is 6.94. The van der Waals surface area contributed by atoms with E-state index in [-0.39, 0.29) is 11.5 Å². The predicted molar refractivity (Wildman–Crippen MR) is 102 cm³/mol. The molecule has 2 aromatic carbocycles. The molecular weight excluding hydrogens is 327 g/mol. The molecule has 0 spiro atoms. The first-order valence-corrected chi connectivity index (χ1v) is 9.23. The van der Waals surface area contributed by atoms with Crippen LogP contribution in [0, 0.1) is 18.7 Å². The van der Waals surface area contributed by atoms with Gasteiger partial charge in [0.2, 0.25) is 0 Å². The minimum Gasteiger partial charge on any atom is -0.358 e. The van der Waals surface area contributed by atoms with Crippen molar-refractivity contribution >= 4 is 16.8 Å². The fourth-order valence-electron chi connectivity index (χ4n) is 4.03. The van der Waals surface area contributed by atoms with Crippen molar-refractivity contribution in [3.8, 4) is 0 Å². The lowest BCUT2D eigenvalue weighted by Crippen LogP contribution is -2.39. The van der Waals surface area contributed by atoms with Crippen molar-refractivity contribution in [2.24, 2.45) is 5.92 Å². The molecular formula is C22H23FN2O. The Bertz CT molecular complexity index is 938. The number of carbonyl (C=O) groups is 1. The van der Waals surface area contributed by atoms with Crippen molar-refractivity contribution < 1.29 is 9.18 Å². The number of nitrogens with zero attached hydrogens (tertiary/aromatic N) is 1. The van der Waals surface area contributed by atoms with E-state index in [1.54, 1.807) is 23.1 Å². The molecule has 4 rings (SSSR count). The number of hydrogen-bond donors (Lipinski definition) is 1. The highest BCUT2D eigenvalue weighted by Gasteiger charge is 2.26.